The largest absolute Gasteiger partial charge is 0.508 e. The molecule has 0 bridgehead atoms. The van der Waals surface area contributed by atoms with Crippen LogP contribution in [0.2, 0.25) is 0 Å². The summed E-state index contributed by atoms with van der Waals surface area (Å²) in [5, 5.41) is 34.6. The predicted octanol–water partition coefficient (Wildman–Crippen LogP) is 0.795. The number of nitrogens with zero attached hydrogens (tertiary/aromatic N) is 2. The van der Waals surface area contributed by atoms with Crippen molar-refractivity contribution in [3.8, 4) is 5.75 Å². The van der Waals surface area contributed by atoms with E-state index >= 15 is 0 Å². The number of amides is 1. The van der Waals surface area contributed by atoms with Gasteiger partial charge in [0.15, 0.2) is 0 Å². The summed E-state index contributed by atoms with van der Waals surface area (Å²) in [6.07, 6.45) is 0.106. The standard InChI is InChI=1S/C23H34N4O7S2/c1-13(28)8-20-14(2)22(21(23(31)32)27(20)15(3)29)35-19-9-17(10-25-36(24,33)34)26(12-19)11-16-4-6-18(30)7-5-16/h4-7,13-14,17,19-20,25,28,30H,8-12H2,1-3H3,(H,31,32)(H2,24,33,34)/t13-,14-,17+,19+,20+/m1/s1. The minimum absolute atomic E-state index is 0.0538. The molecule has 1 aromatic carbocycles. The third kappa shape index (κ3) is 6.99. The van der Waals surface area contributed by atoms with Crippen LogP contribution in [0.1, 0.15) is 39.2 Å². The summed E-state index contributed by atoms with van der Waals surface area (Å²) < 4.78 is 25.4. The molecule has 13 heteroatoms. The number of likely N-dealkylation sites (tertiary alicyclic amines) is 1. The molecule has 6 N–H and O–H groups in total. The first kappa shape index (κ1) is 28.4. The van der Waals surface area contributed by atoms with E-state index in [1.165, 1.54) is 23.6 Å². The van der Waals surface area contributed by atoms with E-state index in [0.29, 0.717) is 24.4 Å². The van der Waals surface area contributed by atoms with E-state index < -0.39 is 34.2 Å². The first-order valence-electron chi connectivity index (χ1n) is 11.7. The van der Waals surface area contributed by atoms with Crippen molar-refractivity contribution in [1.29, 1.82) is 0 Å². The van der Waals surface area contributed by atoms with Crippen molar-refractivity contribution in [3.63, 3.8) is 0 Å². The molecule has 1 fully saturated rings. The molecule has 0 saturated carbocycles. The van der Waals surface area contributed by atoms with Crippen LogP contribution in [0.3, 0.4) is 0 Å². The third-order valence-corrected chi connectivity index (χ3v) is 8.61. The molecule has 2 heterocycles. The summed E-state index contributed by atoms with van der Waals surface area (Å²) in [4.78, 5) is 28.6. The highest BCUT2D eigenvalue weighted by molar-refractivity contribution is 8.03. The van der Waals surface area contributed by atoms with Crippen molar-refractivity contribution in [2.24, 2.45) is 11.1 Å². The minimum atomic E-state index is -3.89. The zero-order valence-corrected chi connectivity index (χ0v) is 22.1. The van der Waals surface area contributed by atoms with E-state index in [2.05, 4.69) is 9.62 Å². The minimum Gasteiger partial charge on any atom is -0.508 e. The Labute approximate surface area is 215 Å². The Morgan fingerprint density at radius 3 is 2.44 bits per heavy atom. The fourth-order valence-electron chi connectivity index (χ4n) is 4.98. The number of benzene rings is 1. The molecule has 0 spiro atoms. The van der Waals surface area contributed by atoms with Crippen LogP contribution < -0.4 is 9.86 Å². The predicted molar refractivity (Wildman–Crippen MR) is 136 cm³/mol. The summed E-state index contributed by atoms with van der Waals surface area (Å²) in [5.41, 5.74) is 0.875. The quantitative estimate of drug-likeness (QED) is 0.286. The zero-order chi connectivity index (χ0) is 26.8. The van der Waals surface area contributed by atoms with Gasteiger partial charge in [0.1, 0.15) is 11.4 Å². The van der Waals surface area contributed by atoms with Gasteiger partial charge >= 0.3 is 5.97 Å². The lowest BCUT2D eigenvalue weighted by molar-refractivity contribution is -0.140. The zero-order valence-electron chi connectivity index (χ0n) is 20.5. The second-order valence-electron chi connectivity index (χ2n) is 9.47. The molecule has 0 unspecified atom stereocenters. The number of nitrogens with one attached hydrogen (secondary N) is 1. The Bertz CT molecular complexity index is 1110. The number of aliphatic hydroxyl groups excluding tert-OH is 1. The summed E-state index contributed by atoms with van der Waals surface area (Å²) >= 11 is 1.40. The molecule has 1 aromatic rings. The SMILES string of the molecule is CC(=O)N1C(C(=O)O)=C(S[C@H]2C[C@@H](CNS(N)(=O)=O)N(Cc3ccc(O)cc3)C2)[C@H](C)[C@@H]1C[C@@H](C)O. The molecule has 200 valence electrons. The molecule has 0 aromatic heterocycles. The second-order valence-corrected chi connectivity index (χ2v) is 12.2. The van der Waals surface area contributed by atoms with E-state index in [-0.39, 0.29) is 41.6 Å². The van der Waals surface area contributed by atoms with Crippen LogP contribution in [0.15, 0.2) is 34.9 Å². The van der Waals surface area contributed by atoms with Gasteiger partial charge in [0, 0.05) is 54.7 Å². The average molecular weight is 543 g/mol. The van der Waals surface area contributed by atoms with Crippen molar-refractivity contribution in [2.75, 3.05) is 13.1 Å². The fraction of sp³-hybridized carbons (Fsp3) is 0.565. The average Bonchev–Trinajstić information content (AvgIpc) is 3.26. The molecule has 11 nitrogen and oxygen atoms in total. The lowest BCUT2D eigenvalue weighted by atomic mass is 9.98. The van der Waals surface area contributed by atoms with Crippen molar-refractivity contribution in [2.45, 2.75) is 63.6 Å². The third-order valence-electron chi connectivity index (χ3n) is 6.55. The lowest BCUT2D eigenvalue weighted by Crippen LogP contribution is -2.42. The molecule has 0 radical (unpaired) electrons. The Kier molecular flexibility index (Phi) is 9.06. The highest BCUT2D eigenvalue weighted by Crippen LogP contribution is 2.46. The highest BCUT2D eigenvalue weighted by atomic mass is 32.2. The number of carboxylic acids is 1. The van der Waals surface area contributed by atoms with Gasteiger partial charge in [-0.05, 0) is 37.5 Å². The van der Waals surface area contributed by atoms with E-state index in [4.69, 9.17) is 5.14 Å². The number of carbonyl (C=O) groups excluding carboxylic acids is 1. The van der Waals surface area contributed by atoms with Gasteiger partial charge in [-0.2, -0.15) is 8.42 Å². The molecular formula is C23H34N4O7S2. The Balaban J connectivity index is 1.86. The summed E-state index contributed by atoms with van der Waals surface area (Å²) in [5.74, 6) is -1.73. The molecule has 5 atom stereocenters. The number of carboxylic acid groups (broad SMARTS) is 1. The maximum Gasteiger partial charge on any atom is 0.353 e. The van der Waals surface area contributed by atoms with Crippen LogP contribution in [0.4, 0.5) is 0 Å². The Morgan fingerprint density at radius 2 is 1.92 bits per heavy atom. The normalized spacial score (nSPS) is 26.0. The molecule has 2 aliphatic rings. The van der Waals surface area contributed by atoms with Crippen molar-refractivity contribution < 1.29 is 33.3 Å². The Morgan fingerprint density at radius 1 is 1.28 bits per heavy atom. The molecule has 0 aliphatic carbocycles. The number of aliphatic carboxylic acids is 1. The van der Waals surface area contributed by atoms with Crippen molar-refractivity contribution >= 4 is 33.8 Å². The molecule has 36 heavy (non-hydrogen) atoms. The number of thioether (sulfide) groups is 1. The maximum absolute atomic E-state index is 12.4. The number of phenols is 1. The molecular weight excluding hydrogens is 508 g/mol. The van der Waals surface area contributed by atoms with Crippen LogP contribution >= 0.6 is 11.8 Å². The first-order valence-corrected chi connectivity index (χ1v) is 14.1. The van der Waals surface area contributed by atoms with Gasteiger partial charge in [0.25, 0.3) is 10.2 Å². The van der Waals surface area contributed by atoms with Gasteiger partial charge in [0.05, 0.1) is 6.10 Å². The van der Waals surface area contributed by atoms with Crippen molar-refractivity contribution in [3.05, 3.63) is 40.4 Å². The monoisotopic (exact) mass is 542 g/mol. The van der Waals surface area contributed by atoms with Crippen LogP contribution in [0.5, 0.6) is 5.75 Å². The van der Waals surface area contributed by atoms with Crippen LogP contribution in [-0.2, 0) is 26.3 Å². The van der Waals surface area contributed by atoms with Gasteiger partial charge in [0.2, 0.25) is 5.91 Å². The van der Waals surface area contributed by atoms with Gasteiger partial charge < -0.3 is 20.2 Å². The molecule has 1 amide bonds. The first-order chi connectivity index (χ1) is 16.8. The number of aromatic hydroxyl groups is 1. The van der Waals surface area contributed by atoms with Crippen LogP contribution in [0.25, 0.3) is 0 Å². The Hall–Kier alpha value is -2.16. The smallest absolute Gasteiger partial charge is 0.353 e. The van der Waals surface area contributed by atoms with Gasteiger partial charge in [-0.15, -0.1) is 11.8 Å². The highest BCUT2D eigenvalue weighted by Gasteiger charge is 2.45. The van der Waals surface area contributed by atoms with Crippen molar-refractivity contribution in [1.82, 2.24) is 14.5 Å². The molecule has 2 aliphatic heterocycles. The van der Waals surface area contributed by atoms with E-state index in [1.54, 1.807) is 31.2 Å². The topological polar surface area (TPSA) is 173 Å². The van der Waals surface area contributed by atoms with Gasteiger partial charge in [-0.3, -0.25) is 9.69 Å². The number of rotatable bonds is 10. The van der Waals surface area contributed by atoms with Crippen LogP contribution in [-0.4, -0.2) is 81.9 Å². The summed E-state index contributed by atoms with van der Waals surface area (Å²) in [7, 11) is -3.89. The van der Waals surface area contributed by atoms with E-state index in [9.17, 15) is 33.3 Å². The lowest BCUT2D eigenvalue weighted by Gasteiger charge is -2.28. The summed E-state index contributed by atoms with van der Waals surface area (Å²) in [6, 6.07) is 6.07. The van der Waals surface area contributed by atoms with E-state index in [1.807, 2.05) is 6.92 Å². The second kappa shape index (κ2) is 11.5. The van der Waals surface area contributed by atoms with Gasteiger partial charge in [-0.1, -0.05) is 19.1 Å². The number of carbonyl (C=O) groups is 2. The van der Waals surface area contributed by atoms with Crippen LogP contribution in [0, 0.1) is 5.92 Å². The number of phenolic OH excluding ortho intramolecular Hbond substituents is 1. The fourth-order valence-corrected chi connectivity index (χ4v) is 7.01. The van der Waals surface area contributed by atoms with E-state index in [0.717, 1.165) is 5.56 Å². The summed E-state index contributed by atoms with van der Waals surface area (Å²) in [6.45, 7) is 5.94. The number of aliphatic hydroxyl groups is 1. The molecule has 3 rings (SSSR count). The van der Waals surface area contributed by atoms with Gasteiger partial charge in [-0.25, -0.2) is 14.7 Å². The number of nitrogens with two attached hydrogens (primary N) is 1. The maximum atomic E-state index is 12.4. The number of hydrogen-bond donors (Lipinski definition) is 5. The number of hydrogen-bond acceptors (Lipinski definition) is 8. The molecule has 1 saturated heterocycles.